The van der Waals surface area contributed by atoms with Crippen LogP contribution < -0.4 is 0 Å². The summed E-state index contributed by atoms with van der Waals surface area (Å²) in [6.45, 7) is 7.72. The zero-order valence-electron chi connectivity index (χ0n) is 10.9. The molecule has 0 bridgehead atoms. The summed E-state index contributed by atoms with van der Waals surface area (Å²) < 4.78 is 17.4. The SMILES string of the molecule is C[Si](C)(C)OC1(C#N)CCC2(CC1)OCCO2. The van der Waals surface area contributed by atoms with E-state index in [0.29, 0.717) is 26.1 Å². The van der Waals surface area contributed by atoms with E-state index in [1.165, 1.54) is 0 Å². The van der Waals surface area contributed by atoms with Gasteiger partial charge in [0.2, 0.25) is 0 Å². The van der Waals surface area contributed by atoms with Gasteiger partial charge < -0.3 is 13.9 Å². The third-order valence-electron chi connectivity index (χ3n) is 3.34. The topological polar surface area (TPSA) is 51.5 Å². The van der Waals surface area contributed by atoms with E-state index >= 15 is 0 Å². The Morgan fingerprint density at radius 2 is 1.59 bits per heavy atom. The maximum absolute atomic E-state index is 9.40. The summed E-state index contributed by atoms with van der Waals surface area (Å²) in [6, 6.07) is 2.38. The van der Waals surface area contributed by atoms with Crippen molar-refractivity contribution < 1.29 is 13.9 Å². The van der Waals surface area contributed by atoms with Crippen LogP contribution in [0.15, 0.2) is 0 Å². The summed E-state index contributed by atoms with van der Waals surface area (Å²) in [5, 5.41) is 9.40. The second-order valence-corrected chi connectivity index (χ2v) is 10.4. The lowest BCUT2D eigenvalue weighted by Crippen LogP contribution is -2.48. The molecule has 17 heavy (non-hydrogen) atoms. The number of nitrogens with zero attached hydrogens (tertiary/aromatic N) is 1. The summed E-state index contributed by atoms with van der Waals surface area (Å²) >= 11 is 0. The van der Waals surface area contributed by atoms with Crippen LogP contribution in [-0.2, 0) is 13.9 Å². The molecule has 0 aromatic carbocycles. The maximum Gasteiger partial charge on any atom is 0.185 e. The molecule has 4 nitrogen and oxygen atoms in total. The van der Waals surface area contributed by atoms with Gasteiger partial charge in [-0.1, -0.05) is 0 Å². The average Bonchev–Trinajstić information content (AvgIpc) is 2.69. The van der Waals surface area contributed by atoms with Gasteiger partial charge in [0, 0.05) is 12.8 Å². The minimum atomic E-state index is -1.69. The molecule has 2 fully saturated rings. The number of ether oxygens (including phenoxy) is 2. The molecule has 1 spiro atoms. The van der Waals surface area contributed by atoms with Gasteiger partial charge in [-0.25, -0.2) is 0 Å². The summed E-state index contributed by atoms with van der Waals surface area (Å²) in [5.41, 5.74) is -0.606. The van der Waals surface area contributed by atoms with Crippen LogP contribution >= 0.6 is 0 Å². The summed E-state index contributed by atoms with van der Waals surface area (Å²) in [5.74, 6) is -0.414. The van der Waals surface area contributed by atoms with Crippen LogP contribution in [0.1, 0.15) is 25.7 Å². The first kappa shape index (κ1) is 13.0. The molecule has 96 valence electrons. The molecule has 0 unspecified atom stereocenters. The standard InChI is InChI=1S/C12H21NO3Si/c1-17(2,3)16-11(10-13)4-6-12(7-5-11)14-8-9-15-12/h4-9H2,1-3H3. The molecular weight excluding hydrogens is 234 g/mol. The normalized spacial score (nSPS) is 26.9. The molecular formula is C12H21NO3Si. The Balaban J connectivity index is 2.02. The Bertz CT molecular complexity index is 316. The highest BCUT2D eigenvalue weighted by molar-refractivity contribution is 6.69. The van der Waals surface area contributed by atoms with Crippen molar-refractivity contribution in [2.75, 3.05) is 13.2 Å². The number of rotatable bonds is 2. The molecule has 5 heteroatoms. The van der Waals surface area contributed by atoms with Gasteiger partial charge in [-0.05, 0) is 32.5 Å². The lowest BCUT2D eigenvalue weighted by Gasteiger charge is -2.42. The van der Waals surface area contributed by atoms with Crippen LogP contribution in [0.3, 0.4) is 0 Å². The molecule has 0 atom stereocenters. The smallest absolute Gasteiger partial charge is 0.185 e. The van der Waals surface area contributed by atoms with Crippen LogP contribution in [0.2, 0.25) is 19.6 Å². The second kappa shape index (κ2) is 4.36. The number of hydrogen-bond acceptors (Lipinski definition) is 4. The van der Waals surface area contributed by atoms with E-state index in [1.807, 2.05) is 0 Å². The Morgan fingerprint density at radius 1 is 1.06 bits per heavy atom. The Kier molecular flexibility index (Phi) is 3.34. The molecule has 1 aliphatic carbocycles. The molecule has 0 amide bonds. The van der Waals surface area contributed by atoms with E-state index in [9.17, 15) is 5.26 Å². The van der Waals surface area contributed by atoms with Crippen LogP contribution in [0.5, 0.6) is 0 Å². The van der Waals surface area contributed by atoms with E-state index in [2.05, 4.69) is 25.7 Å². The van der Waals surface area contributed by atoms with Crippen molar-refractivity contribution in [3.05, 3.63) is 0 Å². The molecule has 0 aromatic heterocycles. The van der Waals surface area contributed by atoms with Gasteiger partial charge in [0.05, 0.1) is 19.3 Å². The third-order valence-corrected chi connectivity index (χ3v) is 4.34. The highest BCUT2D eigenvalue weighted by Crippen LogP contribution is 2.42. The van der Waals surface area contributed by atoms with E-state index in [0.717, 1.165) is 12.8 Å². The zero-order chi connectivity index (χ0) is 12.6. The quantitative estimate of drug-likeness (QED) is 0.711. The largest absolute Gasteiger partial charge is 0.400 e. The molecule has 1 aliphatic heterocycles. The van der Waals surface area contributed by atoms with Crippen LogP contribution in [0.4, 0.5) is 0 Å². The first-order valence-electron chi connectivity index (χ1n) is 6.28. The van der Waals surface area contributed by atoms with Gasteiger partial charge in [-0.3, -0.25) is 0 Å². The van der Waals surface area contributed by atoms with Gasteiger partial charge in [0.1, 0.15) is 5.60 Å². The van der Waals surface area contributed by atoms with Crippen molar-refractivity contribution in [2.45, 2.75) is 56.7 Å². The third kappa shape index (κ3) is 2.88. The Labute approximate surface area is 104 Å². The van der Waals surface area contributed by atoms with Crippen LogP contribution in [-0.4, -0.2) is 32.9 Å². The highest BCUT2D eigenvalue weighted by atomic mass is 28.4. The first-order valence-corrected chi connectivity index (χ1v) is 9.69. The van der Waals surface area contributed by atoms with E-state index < -0.39 is 19.7 Å². The Morgan fingerprint density at radius 3 is 2.00 bits per heavy atom. The lowest BCUT2D eigenvalue weighted by atomic mass is 9.82. The highest BCUT2D eigenvalue weighted by Gasteiger charge is 2.48. The summed E-state index contributed by atoms with van der Waals surface area (Å²) in [7, 11) is -1.69. The monoisotopic (exact) mass is 255 g/mol. The zero-order valence-corrected chi connectivity index (χ0v) is 11.9. The summed E-state index contributed by atoms with van der Waals surface area (Å²) in [6.07, 6.45) is 2.97. The Hall–Kier alpha value is -0.413. The van der Waals surface area contributed by atoms with E-state index in [1.54, 1.807) is 0 Å². The minimum Gasteiger partial charge on any atom is -0.400 e. The van der Waals surface area contributed by atoms with Crippen molar-refractivity contribution in [1.29, 1.82) is 5.26 Å². The van der Waals surface area contributed by atoms with E-state index in [-0.39, 0.29) is 0 Å². The van der Waals surface area contributed by atoms with Gasteiger partial charge in [-0.2, -0.15) is 5.26 Å². The second-order valence-electron chi connectivity index (χ2n) is 5.93. The molecule has 1 heterocycles. The molecule has 1 saturated heterocycles. The lowest BCUT2D eigenvalue weighted by molar-refractivity contribution is -0.193. The van der Waals surface area contributed by atoms with Gasteiger partial charge in [0.15, 0.2) is 14.1 Å². The van der Waals surface area contributed by atoms with Crippen molar-refractivity contribution in [1.82, 2.24) is 0 Å². The summed E-state index contributed by atoms with van der Waals surface area (Å²) in [4.78, 5) is 0. The van der Waals surface area contributed by atoms with Crippen molar-refractivity contribution in [3.8, 4) is 6.07 Å². The van der Waals surface area contributed by atoms with Gasteiger partial charge in [0.25, 0.3) is 0 Å². The van der Waals surface area contributed by atoms with Crippen molar-refractivity contribution in [3.63, 3.8) is 0 Å². The van der Waals surface area contributed by atoms with Crippen LogP contribution in [0.25, 0.3) is 0 Å². The van der Waals surface area contributed by atoms with Gasteiger partial charge >= 0.3 is 0 Å². The fourth-order valence-electron chi connectivity index (χ4n) is 2.64. The molecule has 2 aliphatic rings. The molecule has 2 rings (SSSR count). The number of hydrogen-bond donors (Lipinski definition) is 0. The van der Waals surface area contributed by atoms with E-state index in [4.69, 9.17) is 13.9 Å². The molecule has 1 saturated carbocycles. The fraction of sp³-hybridized carbons (Fsp3) is 0.917. The van der Waals surface area contributed by atoms with Crippen molar-refractivity contribution >= 4 is 8.32 Å². The fourth-order valence-corrected chi connectivity index (χ4v) is 4.07. The first-order chi connectivity index (χ1) is 7.89. The van der Waals surface area contributed by atoms with Gasteiger partial charge in [-0.15, -0.1) is 0 Å². The molecule has 0 radical (unpaired) electrons. The van der Waals surface area contributed by atoms with Crippen LogP contribution in [0, 0.1) is 11.3 Å². The minimum absolute atomic E-state index is 0.414. The number of nitriles is 1. The maximum atomic E-state index is 9.40. The molecule has 0 aromatic rings. The molecule has 0 N–H and O–H groups in total. The van der Waals surface area contributed by atoms with Crippen molar-refractivity contribution in [2.24, 2.45) is 0 Å². The average molecular weight is 255 g/mol. The predicted octanol–water partition coefficient (Wildman–Crippen LogP) is 2.42. The predicted molar refractivity (Wildman–Crippen MR) is 65.9 cm³/mol.